The number of rotatable bonds is 4. The molecule has 4 nitrogen and oxygen atoms in total. The van der Waals surface area contributed by atoms with Gasteiger partial charge in [0.15, 0.2) is 0 Å². The zero-order chi connectivity index (χ0) is 16.9. The van der Waals surface area contributed by atoms with Gasteiger partial charge in [0.1, 0.15) is 5.56 Å². The fourth-order valence-electron chi connectivity index (χ4n) is 2.66. The Morgan fingerprint density at radius 3 is 2.25 bits per heavy atom. The Hall–Kier alpha value is -3.14. The normalized spacial score (nSPS) is 11.7. The van der Waals surface area contributed by atoms with E-state index in [1.165, 1.54) is 0 Å². The number of benzene rings is 2. The highest BCUT2D eigenvalue weighted by Crippen LogP contribution is 2.21. The highest BCUT2D eigenvalue weighted by atomic mass is 16.2. The smallest absolute Gasteiger partial charge is 0.261 e. The van der Waals surface area contributed by atoms with Crippen LogP contribution in [0.1, 0.15) is 28.9 Å². The van der Waals surface area contributed by atoms with Crippen LogP contribution in [0, 0.1) is 0 Å². The number of carbonyl (C=O) groups is 1. The minimum absolute atomic E-state index is 0.131. The van der Waals surface area contributed by atoms with Crippen LogP contribution in [0.3, 0.4) is 0 Å². The fraction of sp³-hybridized carbons (Fsp3) is 0.100. The average Bonchev–Trinajstić information content (AvgIpc) is 2.62. The Labute approximate surface area is 140 Å². The third kappa shape index (κ3) is 3.27. The van der Waals surface area contributed by atoms with Crippen LogP contribution in [0.2, 0.25) is 0 Å². The molecule has 120 valence electrons. The van der Waals surface area contributed by atoms with Gasteiger partial charge in [-0.25, -0.2) is 0 Å². The van der Waals surface area contributed by atoms with E-state index in [4.69, 9.17) is 0 Å². The number of pyridine rings is 1. The molecule has 1 amide bonds. The number of hydrogen-bond acceptors (Lipinski definition) is 2. The van der Waals surface area contributed by atoms with Gasteiger partial charge in [-0.2, -0.15) is 0 Å². The molecule has 3 aromatic rings. The minimum atomic E-state index is -0.394. The van der Waals surface area contributed by atoms with Crippen LogP contribution >= 0.6 is 0 Å². The number of nitrogens with one attached hydrogen (secondary N) is 2. The lowest BCUT2D eigenvalue weighted by Crippen LogP contribution is -2.32. The maximum atomic E-state index is 12.7. The average molecular weight is 318 g/mol. The number of aromatic nitrogens is 1. The zero-order valence-electron chi connectivity index (χ0n) is 13.3. The van der Waals surface area contributed by atoms with Crippen LogP contribution in [-0.4, -0.2) is 10.9 Å². The maximum absolute atomic E-state index is 12.7. The Morgan fingerprint density at radius 1 is 0.958 bits per heavy atom. The molecule has 24 heavy (non-hydrogen) atoms. The summed E-state index contributed by atoms with van der Waals surface area (Å²) in [6, 6.07) is 20.6. The van der Waals surface area contributed by atoms with Crippen LogP contribution in [-0.2, 0) is 0 Å². The Morgan fingerprint density at radius 2 is 1.58 bits per heavy atom. The van der Waals surface area contributed by atoms with Crippen LogP contribution in [0.4, 0.5) is 0 Å². The summed E-state index contributed by atoms with van der Waals surface area (Å²) in [7, 11) is 0. The van der Waals surface area contributed by atoms with E-state index in [-0.39, 0.29) is 17.5 Å². The largest absolute Gasteiger partial charge is 0.345 e. The first-order chi connectivity index (χ1) is 11.7. The summed E-state index contributed by atoms with van der Waals surface area (Å²) < 4.78 is 0. The molecule has 2 aromatic carbocycles. The third-order valence-corrected chi connectivity index (χ3v) is 3.92. The van der Waals surface area contributed by atoms with E-state index in [1.54, 1.807) is 12.3 Å². The van der Waals surface area contributed by atoms with Crippen LogP contribution < -0.4 is 10.9 Å². The summed E-state index contributed by atoms with van der Waals surface area (Å²) in [4.78, 5) is 27.6. The first-order valence-electron chi connectivity index (χ1n) is 7.79. The quantitative estimate of drug-likeness (QED) is 0.773. The number of H-pyrrole nitrogens is 1. The van der Waals surface area contributed by atoms with Crippen molar-refractivity contribution in [1.29, 1.82) is 0 Å². The number of carbonyl (C=O) groups excluding carboxylic acids is 1. The van der Waals surface area contributed by atoms with Crippen molar-refractivity contribution in [2.45, 2.75) is 13.0 Å². The zero-order valence-corrected chi connectivity index (χ0v) is 13.3. The van der Waals surface area contributed by atoms with E-state index in [0.29, 0.717) is 5.56 Å². The molecule has 0 saturated heterocycles. The molecule has 1 atom stereocenters. The van der Waals surface area contributed by atoms with Crippen LogP contribution in [0.15, 0.2) is 77.7 Å². The summed E-state index contributed by atoms with van der Waals surface area (Å²) in [6.07, 6.45) is 1.56. The topological polar surface area (TPSA) is 62.0 Å². The molecule has 4 heteroatoms. The molecule has 3 rings (SSSR count). The molecule has 0 aliphatic rings. The van der Waals surface area contributed by atoms with Crippen molar-refractivity contribution in [2.75, 3.05) is 0 Å². The molecule has 2 N–H and O–H groups in total. The van der Waals surface area contributed by atoms with E-state index in [2.05, 4.69) is 10.3 Å². The molecule has 1 aromatic heterocycles. The van der Waals surface area contributed by atoms with Gasteiger partial charge in [-0.3, -0.25) is 9.59 Å². The summed E-state index contributed by atoms with van der Waals surface area (Å²) in [5.74, 6) is -0.382. The Bertz CT molecular complexity index is 886. The van der Waals surface area contributed by atoms with Crippen molar-refractivity contribution in [2.24, 2.45) is 0 Å². The van der Waals surface area contributed by atoms with Gasteiger partial charge < -0.3 is 10.3 Å². The molecule has 1 heterocycles. The summed E-state index contributed by atoms with van der Waals surface area (Å²) in [5.41, 5.74) is 2.18. The van der Waals surface area contributed by atoms with E-state index < -0.39 is 5.56 Å². The predicted octanol–water partition coefficient (Wildman–Crippen LogP) is 3.53. The van der Waals surface area contributed by atoms with Crippen molar-refractivity contribution >= 4 is 5.91 Å². The van der Waals surface area contributed by atoms with Gasteiger partial charge in [-0.05, 0) is 24.1 Å². The molecular formula is C20H18N2O2. The molecule has 0 spiro atoms. The second-order valence-corrected chi connectivity index (χ2v) is 5.57. The highest BCUT2D eigenvalue weighted by molar-refractivity contribution is 6.00. The highest BCUT2D eigenvalue weighted by Gasteiger charge is 2.19. The van der Waals surface area contributed by atoms with Gasteiger partial charge >= 0.3 is 0 Å². The van der Waals surface area contributed by atoms with Crippen molar-refractivity contribution in [3.8, 4) is 11.1 Å². The Balaban J connectivity index is 1.94. The minimum Gasteiger partial charge on any atom is -0.345 e. The van der Waals surface area contributed by atoms with Gasteiger partial charge in [-0.1, -0.05) is 60.7 Å². The summed E-state index contributed by atoms with van der Waals surface area (Å²) in [6.45, 7) is 1.90. The SMILES string of the molecule is CC(NC(=O)c1c(-c2ccccc2)cc[nH]c1=O)c1ccccc1. The first kappa shape index (κ1) is 15.7. The van der Waals surface area contributed by atoms with Crippen LogP contribution in [0.5, 0.6) is 0 Å². The van der Waals surface area contributed by atoms with Crippen molar-refractivity contribution < 1.29 is 4.79 Å². The number of hydrogen-bond donors (Lipinski definition) is 2. The second-order valence-electron chi connectivity index (χ2n) is 5.57. The van der Waals surface area contributed by atoms with E-state index in [0.717, 1.165) is 11.1 Å². The van der Waals surface area contributed by atoms with Gasteiger partial charge in [0.25, 0.3) is 11.5 Å². The number of amides is 1. The van der Waals surface area contributed by atoms with Gasteiger partial charge in [-0.15, -0.1) is 0 Å². The van der Waals surface area contributed by atoms with E-state index in [9.17, 15) is 9.59 Å². The van der Waals surface area contributed by atoms with Crippen molar-refractivity contribution in [3.05, 3.63) is 94.4 Å². The molecule has 0 radical (unpaired) electrons. The predicted molar refractivity (Wildman–Crippen MR) is 94.8 cm³/mol. The Kier molecular flexibility index (Phi) is 4.57. The van der Waals surface area contributed by atoms with E-state index >= 15 is 0 Å². The number of aromatic amines is 1. The summed E-state index contributed by atoms with van der Waals surface area (Å²) >= 11 is 0. The molecule has 0 saturated carbocycles. The molecule has 0 bridgehead atoms. The standard InChI is InChI=1S/C20H18N2O2/c1-14(15-8-4-2-5-9-15)22-20(24)18-17(12-13-21-19(18)23)16-10-6-3-7-11-16/h2-14H,1H3,(H,21,23)(H,22,24). The third-order valence-electron chi connectivity index (χ3n) is 3.92. The fourth-order valence-corrected chi connectivity index (χ4v) is 2.66. The van der Waals surface area contributed by atoms with Crippen molar-refractivity contribution in [1.82, 2.24) is 10.3 Å². The molecule has 0 aliphatic heterocycles. The van der Waals surface area contributed by atoms with E-state index in [1.807, 2.05) is 67.6 Å². The first-order valence-corrected chi connectivity index (χ1v) is 7.79. The van der Waals surface area contributed by atoms with Crippen molar-refractivity contribution in [3.63, 3.8) is 0 Å². The lowest BCUT2D eigenvalue weighted by molar-refractivity contribution is 0.0939. The lowest BCUT2D eigenvalue weighted by Gasteiger charge is -2.15. The molecule has 1 unspecified atom stereocenters. The lowest BCUT2D eigenvalue weighted by atomic mass is 10.0. The molecular weight excluding hydrogens is 300 g/mol. The second kappa shape index (κ2) is 6.96. The maximum Gasteiger partial charge on any atom is 0.261 e. The van der Waals surface area contributed by atoms with Crippen LogP contribution in [0.25, 0.3) is 11.1 Å². The van der Waals surface area contributed by atoms with Gasteiger partial charge in [0.05, 0.1) is 6.04 Å². The van der Waals surface area contributed by atoms with Gasteiger partial charge in [0.2, 0.25) is 0 Å². The monoisotopic (exact) mass is 318 g/mol. The van der Waals surface area contributed by atoms with Gasteiger partial charge in [0, 0.05) is 11.8 Å². The molecule has 0 fully saturated rings. The summed E-state index contributed by atoms with van der Waals surface area (Å²) in [5, 5.41) is 2.90. The molecule has 0 aliphatic carbocycles.